The second-order valence-electron chi connectivity index (χ2n) is 14.5. The predicted molar refractivity (Wildman–Crippen MR) is 185 cm³/mol. The fourth-order valence-electron chi connectivity index (χ4n) is 8.51. The maximum absolute atomic E-state index is 14.2. The van der Waals surface area contributed by atoms with E-state index in [9.17, 15) is 4.79 Å². The zero-order valence-electron chi connectivity index (χ0n) is 28.4. The standard InChI is InChI=1S/C38H55N5O2/c1-6-11-35(41-24-28(3)22-29(4)25-41)36-39-34-15-14-32(23-33(34)37(44)43(36)7-2)42-26-30(5)45-38(27-42)17-20-40(21-18-38)19-16-31-12-9-8-10-13-31/h8-10,12-15,23,28-30,35H,6-7,11,16-22,24-27H2,1-5H3/t28-,29+,30-,35+/m1/s1. The highest BCUT2D eigenvalue weighted by Gasteiger charge is 2.42. The van der Waals surface area contributed by atoms with Gasteiger partial charge in [-0.15, -0.1) is 0 Å². The first-order valence-electron chi connectivity index (χ1n) is 17.7. The van der Waals surface area contributed by atoms with Crippen LogP contribution >= 0.6 is 0 Å². The van der Waals surface area contributed by atoms with Gasteiger partial charge in [-0.25, -0.2) is 4.98 Å². The van der Waals surface area contributed by atoms with Crippen molar-refractivity contribution in [1.82, 2.24) is 19.4 Å². The summed E-state index contributed by atoms with van der Waals surface area (Å²) in [7, 11) is 0. The summed E-state index contributed by atoms with van der Waals surface area (Å²) < 4.78 is 8.68. The summed E-state index contributed by atoms with van der Waals surface area (Å²) >= 11 is 0. The van der Waals surface area contributed by atoms with Crippen LogP contribution in [0.5, 0.6) is 0 Å². The Bertz CT molecular complexity index is 1470. The topological polar surface area (TPSA) is 53.8 Å². The molecule has 45 heavy (non-hydrogen) atoms. The molecule has 0 aliphatic carbocycles. The predicted octanol–water partition coefficient (Wildman–Crippen LogP) is 6.54. The summed E-state index contributed by atoms with van der Waals surface area (Å²) in [6.07, 6.45) is 6.68. The molecule has 0 bridgehead atoms. The monoisotopic (exact) mass is 613 g/mol. The minimum atomic E-state index is -0.141. The molecule has 4 atom stereocenters. The van der Waals surface area contributed by atoms with E-state index in [0.717, 1.165) is 100 Å². The Morgan fingerprint density at radius 3 is 2.40 bits per heavy atom. The average Bonchev–Trinajstić information content (AvgIpc) is 3.03. The van der Waals surface area contributed by atoms with Gasteiger partial charge in [0.2, 0.25) is 0 Å². The van der Waals surface area contributed by atoms with Crippen molar-refractivity contribution in [2.75, 3.05) is 50.7 Å². The summed E-state index contributed by atoms with van der Waals surface area (Å²) in [5.74, 6) is 2.28. The Hall–Kier alpha value is -2.74. The van der Waals surface area contributed by atoms with E-state index >= 15 is 0 Å². The normalized spacial score (nSPS) is 25.2. The molecule has 2 aromatic carbocycles. The lowest BCUT2D eigenvalue weighted by Crippen LogP contribution is -2.59. The molecule has 0 radical (unpaired) electrons. The number of fused-ring (bicyclic) bond motifs is 1. The lowest BCUT2D eigenvalue weighted by Gasteiger charge is -2.50. The molecular formula is C38H55N5O2. The Labute approximate surface area is 270 Å². The molecule has 4 heterocycles. The highest BCUT2D eigenvalue weighted by atomic mass is 16.5. The van der Waals surface area contributed by atoms with Gasteiger partial charge in [0.25, 0.3) is 5.56 Å². The molecule has 1 aromatic heterocycles. The van der Waals surface area contributed by atoms with Crippen molar-refractivity contribution in [2.24, 2.45) is 11.8 Å². The van der Waals surface area contributed by atoms with Crippen LogP contribution in [0.15, 0.2) is 53.3 Å². The van der Waals surface area contributed by atoms with Gasteiger partial charge in [0.15, 0.2) is 0 Å². The van der Waals surface area contributed by atoms with E-state index in [1.165, 1.54) is 12.0 Å². The van der Waals surface area contributed by atoms with Gasteiger partial charge in [-0.1, -0.05) is 57.5 Å². The highest BCUT2D eigenvalue weighted by Crippen LogP contribution is 2.36. The van der Waals surface area contributed by atoms with Gasteiger partial charge in [0, 0.05) is 58.0 Å². The molecule has 3 fully saturated rings. The summed E-state index contributed by atoms with van der Waals surface area (Å²) in [6, 6.07) is 17.4. The third-order valence-electron chi connectivity index (χ3n) is 10.6. The zero-order valence-corrected chi connectivity index (χ0v) is 28.4. The molecule has 3 aliphatic heterocycles. The van der Waals surface area contributed by atoms with Crippen LogP contribution in [-0.2, 0) is 17.7 Å². The van der Waals surface area contributed by atoms with Crippen LogP contribution in [-0.4, -0.2) is 76.9 Å². The molecule has 6 rings (SSSR count). The van der Waals surface area contributed by atoms with Crippen molar-refractivity contribution in [3.63, 3.8) is 0 Å². The van der Waals surface area contributed by atoms with Gasteiger partial charge in [-0.2, -0.15) is 0 Å². The average molecular weight is 614 g/mol. The molecule has 244 valence electrons. The first-order valence-corrected chi connectivity index (χ1v) is 17.7. The number of hydrogen-bond acceptors (Lipinski definition) is 6. The summed E-state index contributed by atoms with van der Waals surface area (Å²) in [5, 5.41) is 0.734. The number of likely N-dealkylation sites (tertiary alicyclic amines) is 2. The number of anilines is 1. The van der Waals surface area contributed by atoms with E-state index in [1.807, 2.05) is 4.57 Å². The minimum absolute atomic E-state index is 0.0984. The SMILES string of the molecule is CCC[C@@H](c1nc2ccc(N3C[C@@H](C)OC4(CCN(CCc5ccccc5)CC4)C3)cc2c(=O)n1CC)N1C[C@H](C)C[C@H](C)C1. The second-order valence-corrected chi connectivity index (χ2v) is 14.5. The number of benzene rings is 2. The van der Waals surface area contributed by atoms with Crippen LogP contribution in [0.25, 0.3) is 10.9 Å². The van der Waals surface area contributed by atoms with E-state index < -0.39 is 0 Å². The first-order chi connectivity index (χ1) is 21.8. The van der Waals surface area contributed by atoms with Crippen LogP contribution < -0.4 is 10.5 Å². The van der Waals surface area contributed by atoms with E-state index in [0.29, 0.717) is 18.4 Å². The number of rotatable bonds is 9. The van der Waals surface area contributed by atoms with E-state index in [4.69, 9.17) is 9.72 Å². The Balaban J connectivity index is 1.21. The van der Waals surface area contributed by atoms with Gasteiger partial charge < -0.3 is 14.5 Å². The number of ether oxygens (including phenoxy) is 1. The lowest BCUT2D eigenvalue weighted by atomic mass is 9.88. The second kappa shape index (κ2) is 13.9. The summed E-state index contributed by atoms with van der Waals surface area (Å²) in [5.41, 5.74) is 3.30. The van der Waals surface area contributed by atoms with Gasteiger partial charge in [-0.3, -0.25) is 14.3 Å². The molecule has 3 saturated heterocycles. The summed E-state index contributed by atoms with van der Waals surface area (Å²) in [4.78, 5) is 27.1. The first kappa shape index (κ1) is 32.2. The molecule has 0 amide bonds. The molecule has 7 heteroatoms. The Morgan fingerprint density at radius 1 is 0.978 bits per heavy atom. The molecule has 3 aliphatic rings. The molecule has 0 unspecified atom stereocenters. The van der Waals surface area contributed by atoms with Crippen LogP contribution in [0.3, 0.4) is 0 Å². The smallest absolute Gasteiger partial charge is 0.261 e. The number of hydrogen-bond donors (Lipinski definition) is 0. The zero-order chi connectivity index (χ0) is 31.6. The van der Waals surface area contributed by atoms with Crippen molar-refractivity contribution >= 4 is 16.6 Å². The van der Waals surface area contributed by atoms with Crippen molar-refractivity contribution < 1.29 is 4.74 Å². The van der Waals surface area contributed by atoms with E-state index in [1.54, 1.807) is 0 Å². The Kier molecular flexibility index (Phi) is 9.98. The van der Waals surface area contributed by atoms with Crippen molar-refractivity contribution in [2.45, 2.75) is 97.4 Å². The quantitative estimate of drug-likeness (QED) is 0.273. The van der Waals surface area contributed by atoms with Gasteiger partial charge in [0.1, 0.15) is 5.82 Å². The molecule has 0 N–H and O–H groups in total. The van der Waals surface area contributed by atoms with E-state index in [-0.39, 0.29) is 23.3 Å². The van der Waals surface area contributed by atoms with Crippen LogP contribution in [0, 0.1) is 11.8 Å². The number of morpholine rings is 1. The lowest BCUT2D eigenvalue weighted by molar-refractivity contribution is -0.126. The van der Waals surface area contributed by atoms with Crippen LogP contribution in [0.4, 0.5) is 5.69 Å². The minimum Gasteiger partial charge on any atom is -0.368 e. The van der Waals surface area contributed by atoms with Gasteiger partial charge in [-0.05, 0) is 81.5 Å². The van der Waals surface area contributed by atoms with Gasteiger partial charge in [0.05, 0.1) is 28.6 Å². The molecule has 1 spiro atoms. The molecule has 0 saturated carbocycles. The van der Waals surface area contributed by atoms with Gasteiger partial charge >= 0.3 is 0 Å². The summed E-state index contributed by atoms with van der Waals surface area (Å²) in [6.45, 7) is 19.0. The maximum atomic E-state index is 14.2. The third-order valence-corrected chi connectivity index (χ3v) is 10.6. The van der Waals surface area contributed by atoms with Crippen LogP contribution in [0.1, 0.15) is 84.2 Å². The number of piperidine rings is 2. The Morgan fingerprint density at radius 2 is 1.71 bits per heavy atom. The number of nitrogens with zero attached hydrogens (tertiary/aromatic N) is 5. The number of aromatic nitrogens is 2. The molecule has 7 nitrogen and oxygen atoms in total. The maximum Gasteiger partial charge on any atom is 0.261 e. The fourth-order valence-corrected chi connectivity index (χ4v) is 8.51. The van der Waals surface area contributed by atoms with Crippen molar-refractivity contribution in [3.8, 4) is 0 Å². The van der Waals surface area contributed by atoms with Crippen molar-refractivity contribution in [1.29, 1.82) is 0 Å². The molecular weight excluding hydrogens is 558 g/mol. The van der Waals surface area contributed by atoms with E-state index in [2.05, 4.69) is 97.8 Å². The third kappa shape index (κ3) is 7.16. The van der Waals surface area contributed by atoms with Crippen molar-refractivity contribution in [3.05, 3.63) is 70.3 Å². The highest BCUT2D eigenvalue weighted by molar-refractivity contribution is 5.82. The van der Waals surface area contributed by atoms with Crippen LogP contribution in [0.2, 0.25) is 0 Å². The fraction of sp³-hybridized carbons (Fsp3) is 0.632. The largest absolute Gasteiger partial charge is 0.368 e. The molecule has 3 aromatic rings.